The molecule has 1 unspecified atom stereocenters. The zero-order valence-electron chi connectivity index (χ0n) is 8.36. The second-order valence-electron chi connectivity index (χ2n) is 3.75. The van der Waals surface area contributed by atoms with Crippen molar-refractivity contribution < 1.29 is 4.74 Å². The van der Waals surface area contributed by atoms with Gasteiger partial charge in [0.15, 0.2) is 0 Å². The molecule has 1 aliphatic rings. The lowest BCUT2D eigenvalue weighted by Gasteiger charge is -2.14. The Hall–Kier alpha value is -1.24. The Morgan fingerprint density at radius 3 is 2.93 bits per heavy atom. The highest BCUT2D eigenvalue weighted by molar-refractivity contribution is 5.15. The quantitative estimate of drug-likeness (QED) is 0.691. The minimum Gasteiger partial charge on any atom is -0.498 e. The van der Waals surface area contributed by atoms with Gasteiger partial charge in [-0.25, -0.2) is 0 Å². The van der Waals surface area contributed by atoms with E-state index in [1.165, 1.54) is 18.4 Å². The first-order valence-corrected chi connectivity index (χ1v) is 5.29. The van der Waals surface area contributed by atoms with E-state index in [1.54, 1.807) is 0 Å². The zero-order chi connectivity index (χ0) is 9.64. The first-order valence-electron chi connectivity index (χ1n) is 5.29. The summed E-state index contributed by atoms with van der Waals surface area (Å²) in [7, 11) is 0. The van der Waals surface area contributed by atoms with Crippen LogP contribution >= 0.6 is 0 Å². The molecule has 0 amide bonds. The maximum absolute atomic E-state index is 5.63. The third kappa shape index (κ3) is 2.63. The first-order chi connectivity index (χ1) is 6.95. The van der Waals surface area contributed by atoms with E-state index < -0.39 is 0 Å². The number of hydrogen-bond acceptors (Lipinski definition) is 1. The van der Waals surface area contributed by atoms with Crippen molar-refractivity contribution >= 4 is 0 Å². The van der Waals surface area contributed by atoms with E-state index in [0.717, 1.165) is 12.8 Å². The fraction of sp³-hybridized carbons (Fsp3) is 0.385. The normalized spacial score (nSPS) is 21.3. The van der Waals surface area contributed by atoms with Crippen LogP contribution < -0.4 is 0 Å². The summed E-state index contributed by atoms with van der Waals surface area (Å²) < 4.78 is 5.63. The van der Waals surface area contributed by atoms with Gasteiger partial charge in [0.25, 0.3) is 0 Å². The highest BCUT2D eigenvalue weighted by atomic mass is 16.5. The third-order valence-electron chi connectivity index (χ3n) is 2.57. The Bertz CT molecular complexity index is 289. The Balaban J connectivity index is 1.93. The second-order valence-corrected chi connectivity index (χ2v) is 3.75. The van der Waals surface area contributed by atoms with Crippen LogP contribution in [0.15, 0.2) is 42.7 Å². The molecule has 2 rings (SSSR count). The van der Waals surface area contributed by atoms with Gasteiger partial charge in [-0.05, 0) is 30.9 Å². The van der Waals surface area contributed by atoms with Crippen LogP contribution in [-0.2, 0) is 11.2 Å². The molecule has 0 saturated carbocycles. The van der Waals surface area contributed by atoms with E-state index >= 15 is 0 Å². The van der Waals surface area contributed by atoms with Crippen LogP contribution in [0.5, 0.6) is 0 Å². The highest BCUT2D eigenvalue weighted by Gasteiger charge is 2.10. The van der Waals surface area contributed by atoms with Crippen molar-refractivity contribution in [3.05, 3.63) is 48.2 Å². The molecule has 74 valence electrons. The van der Waals surface area contributed by atoms with Crippen LogP contribution in [0.4, 0.5) is 0 Å². The predicted molar refractivity (Wildman–Crippen MR) is 58.0 cm³/mol. The lowest BCUT2D eigenvalue weighted by atomic mass is 10.0. The van der Waals surface area contributed by atoms with Crippen LogP contribution in [0.3, 0.4) is 0 Å². The molecular weight excluding hydrogens is 172 g/mol. The summed E-state index contributed by atoms with van der Waals surface area (Å²) in [6.07, 6.45) is 8.95. The predicted octanol–water partition coefficient (Wildman–Crippen LogP) is 3.31. The molecule has 1 aliphatic heterocycles. The van der Waals surface area contributed by atoms with Crippen molar-refractivity contribution in [2.24, 2.45) is 0 Å². The highest BCUT2D eigenvalue weighted by Crippen LogP contribution is 2.15. The van der Waals surface area contributed by atoms with Gasteiger partial charge in [-0.15, -0.1) is 0 Å². The molecule has 1 aromatic carbocycles. The minimum atomic E-state index is 0.371. The summed E-state index contributed by atoms with van der Waals surface area (Å²) >= 11 is 0. The van der Waals surface area contributed by atoms with E-state index in [4.69, 9.17) is 4.74 Å². The van der Waals surface area contributed by atoms with Crippen LogP contribution in [0.2, 0.25) is 0 Å². The molecule has 1 nitrogen and oxygen atoms in total. The van der Waals surface area contributed by atoms with Crippen molar-refractivity contribution in [2.75, 3.05) is 0 Å². The summed E-state index contributed by atoms with van der Waals surface area (Å²) in [5.41, 5.74) is 1.37. The van der Waals surface area contributed by atoms with Gasteiger partial charge in [0.05, 0.1) is 6.26 Å². The molecule has 0 aromatic heterocycles. The molecule has 0 spiro atoms. The maximum atomic E-state index is 5.63. The lowest BCUT2D eigenvalue weighted by Crippen LogP contribution is -2.12. The Kier molecular flexibility index (Phi) is 3.23. The van der Waals surface area contributed by atoms with Crippen LogP contribution in [0, 0.1) is 0 Å². The van der Waals surface area contributed by atoms with Gasteiger partial charge in [0, 0.05) is 6.42 Å². The largest absolute Gasteiger partial charge is 0.498 e. The van der Waals surface area contributed by atoms with Gasteiger partial charge in [-0.1, -0.05) is 30.3 Å². The third-order valence-corrected chi connectivity index (χ3v) is 2.57. The summed E-state index contributed by atoms with van der Waals surface area (Å²) in [6.45, 7) is 0. The molecule has 0 bridgehead atoms. The van der Waals surface area contributed by atoms with Gasteiger partial charge in [-0.3, -0.25) is 0 Å². The van der Waals surface area contributed by atoms with Crippen LogP contribution in [0.25, 0.3) is 0 Å². The lowest BCUT2D eigenvalue weighted by molar-refractivity contribution is 0.139. The number of rotatable bonds is 2. The Morgan fingerprint density at radius 1 is 1.21 bits per heavy atom. The van der Waals surface area contributed by atoms with Crippen molar-refractivity contribution in [2.45, 2.75) is 31.8 Å². The molecule has 0 aliphatic carbocycles. The molecule has 1 heteroatoms. The first kappa shape index (κ1) is 9.32. The van der Waals surface area contributed by atoms with Gasteiger partial charge >= 0.3 is 0 Å². The van der Waals surface area contributed by atoms with Crippen molar-refractivity contribution in [3.8, 4) is 0 Å². The average Bonchev–Trinajstić information content (AvgIpc) is 2.48. The number of hydrogen-bond donors (Lipinski definition) is 0. The maximum Gasteiger partial charge on any atom is 0.102 e. The molecule has 1 heterocycles. The van der Waals surface area contributed by atoms with Gasteiger partial charge in [0.1, 0.15) is 6.10 Å². The molecule has 0 N–H and O–H groups in total. The average molecular weight is 188 g/mol. The molecule has 14 heavy (non-hydrogen) atoms. The van der Waals surface area contributed by atoms with Crippen molar-refractivity contribution in [1.82, 2.24) is 0 Å². The standard InChI is InChI=1S/C13H16O/c1-3-7-12(8-4-1)11-13-9-5-2-6-10-14-13/h1,3-4,6-8,10,13H,2,5,9,11H2. The monoisotopic (exact) mass is 188 g/mol. The minimum absolute atomic E-state index is 0.371. The smallest absolute Gasteiger partial charge is 0.102 e. The Labute approximate surface area is 85.4 Å². The van der Waals surface area contributed by atoms with E-state index in [0.29, 0.717) is 6.10 Å². The fourth-order valence-corrected chi connectivity index (χ4v) is 1.79. The van der Waals surface area contributed by atoms with Gasteiger partial charge < -0.3 is 4.74 Å². The van der Waals surface area contributed by atoms with Crippen LogP contribution in [0.1, 0.15) is 24.8 Å². The summed E-state index contributed by atoms with van der Waals surface area (Å²) in [5, 5.41) is 0. The zero-order valence-corrected chi connectivity index (χ0v) is 8.36. The topological polar surface area (TPSA) is 9.23 Å². The molecule has 0 saturated heterocycles. The number of ether oxygens (including phenoxy) is 1. The molecule has 0 radical (unpaired) electrons. The SMILES string of the molecule is C1=COC(Cc2ccccc2)CCC1. The van der Waals surface area contributed by atoms with Gasteiger partial charge in [-0.2, -0.15) is 0 Å². The van der Waals surface area contributed by atoms with Crippen molar-refractivity contribution in [3.63, 3.8) is 0 Å². The molecule has 1 aromatic rings. The molecule has 0 fully saturated rings. The molecule has 1 atom stereocenters. The van der Waals surface area contributed by atoms with E-state index in [2.05, 4.69) is 36.4 Å². The van der Waals surface area contributed by atoms with Crippen molar-refractivity contribution in [1.29, 1.82) is 0 Å². The van der Waals surface area contributed by atoms with E-state index in [1.807, 2.05) is 6.26 Å². The fourth-order valence-electron chi connectivity index (χ4n) is 1.79. The number of allylic oxidation sites excluding steroid dienone is 1. The summed E-state index contributed by atoms with van der Waals surface area (Å²) in [4.78, 5) is 0. The number of benzene rings is 1. The van der Waals surface area contributed by atoms with E-state index in [-0.39, 0.29) is 0 Å². The van der Waals surface area contributed by atoms with Gasteiger partial charge in [0.2, 0.25) is 0 Å². The Morgan fingerprint density at radius 2 is 2.07 bits per heavy atom. The summed E-state index contributed by atoms with van der Waals surface area (Å²) in [5.74, 6) is 0. The molecular formula is C13H16O. The van der Waals surface area contributed by atoms with E-state index in [9.17, 15) is 0 Å². The summed E-state index contributed by atoms with van der Waals surface area (Å²) in [6, 6.07) is 10.6. The van der Waals surface area contributed by atoms with Crippen LogP contribution in [-0.4, -0.2) is 6.10 Å². The second kappa shape index (κ2) is 4.85.